The Morgan fingerprint density at radius 1 is 1.50 bits per heavy atom. The number of thioether (sulfide) groups is 1. The fourth-order valence-electron chi connectivity index (χ4n) is 1.87. The van der Waals surface area contributed by atoms with E-state index in [0.29, 0.717) is 6.04 Å². The molecule has 5 nitrogen and oxygen atoms in total. The summed E-state index contributed by atoms with van der Waals surface area (Å²) >= 11 is 1.95. The van der Waals surface area contributed by atoms with Crippen molar-refractivity contribution in [2.24, 2.45) is 0 Å². The Labute approximate surface area is 97.7 Å². The molecule has 0 saturated carbocycles. The summed E-state index contributed by atoms with van der Waals surface area (Å²) in [6.07, 6.45) is 1.81. The first kappa shape index (κ1) is 10.0. The first-order chi connectivity index (χ1) is 7.84. The van der Waals surface area contributed by atoms with E-state index in [2.05, 4.69) is 20.5 Å². The highest BCUT2D eigenvalue weighted by molar-refractivity contribution is 7.99. The topological polar surface area (TPSA) is 55.1 Å². The molecular weight excluding hydrogens is 222 g/mol. The molecule has 1 fully saturated rings. The number of rotatable bonds is 1. The van der Waals surface area contributed by atoms with Gasteiger partial charge in [-0.15, -0.1) is 10.2 Å². The molecule has 6 heteroatoms. The van der Waals surface area contributed by atoms with Gasteiger partial charge in [0, 0.05) is 29.8 Å². The van der Waals surface area contributed by atoms with Gasteiger partial charge in [-0.25, -0.2) is 4.98 Å². The summed E-state index contributed by atoms with van der Waals surface area (Å²) in [6, 6.07) is 2.24. The maximum absolute atomic E-state index is 4.28. The van der Waals surface area contributed by atoms with Gasteiger partial charge in [0.25, 0.3) is 0 Å². The highest BCUT2D eigenvalue weighted by Gasteiger charge is 2.20. The minimum absolute atomic E-state index is 0.290. The Bertz CT molecular complexity index is 503. The number of nitrogens with one attached hydrogen (secondary N) is 1. The standard InChI is InChI=1S/C10H13N5S/c1-7-4-9-13-14-10(15(9)6-12-7)8-5-16-3-2-11-8/h4,6,8,11H,2-3,5H2,1H3. The van der Waals surface area contributed by atoms with Crippen molar-refractivity contribution in [2.45, 2.75) is 13.0 Å². The molecule has 16 heavy (non-hydrogen) atoms. The Kier molecular flexibility index (Phi) is 2.53. The van der Waals surface area contributed by atoms with Crippen LogP contribution in [0.1, 0.15) is 17.6 Å². The van der Waals surface area contributed by atoms with Crippen LogP contribution in [0.4, 0.5) is 0 Å². The SMILES string of the molecule is Cc1cc2nnc(C3CSCCN3)n2cn1. The Morgan fingerprint density at radius 3 is 3.25 bits per heavy atom. The van der Waals surface area contributed by atoms with E-state index in [0.717, 1.165) is 29.5 Å². The van der Waals surface area contributed by atoms with E-state index in [9.17, 15) is 0 Å². The summed E-state index contributed by atoms with van der Waals surface area (Å²) < 4.78 is 1.97. The van der Waals surface area contributed by atoms with Gasteiger partial charge in [0.05, 0.1) is 6.04 Å². The predicted molar refractivity (Wildman–Crippen MR) is 63.6 cm³/mol. The largest absolute Gasteiger partial charge is 0.306 e. The second-order valence-corrected chi connectivity index (χ2v) is 5.05. The third-order valence-corrected chi connectivity index (χ3v) is 3.76. The van der Waals surface area contributed by atoms with Gasteiger partial charge in [0.1, 0.15) is 6.33 Å². The molecule has 0 bridgehead atoms. The van der Waals surface area contributed by atoms with Gasteiger partial charge < -0.3 is 5.32 Å². The summed E-state index contributed by atoms with van der Waals surface area (Å²) in [4.78, 5) is 4.28. The average Bonchev–Trinajstić information content (AvgIpc) is 2.73. The minimum atomic E-state index is 0.290. The third kappa shape index (κ3) is 1.68. The zero-order valence-corrected chi connectivity index (χ0v) is 9.87. The smallest absolute Gasteiger partial charge is 0.163 e. The quantitative estimate of drug-likeness (QED) is 0.792. The second-order valence-electron chi connectivity index (χ2n) is 3.90. The molecule has 3 rings (SSSR count). The number of fused-ring (bicyclic) bond motifs is 1. The summed E-state index contributed by atoms with van der Waals surface area (Å²) in [5.41, 5.74) is 1.84. The van der Waals surface area contributed by atoms with Gasteiger partial charge in [0.2, 0.25) is 0 Å². The molecule has 0 spiro atoms. The van der Waals surface area contributed by atoms with Crippen molar-refractivity contribution >= 4 is 17.4 Å². The Morgan fingerprint density at radius 2 is 2.44 bits per heavy atom. The lowest BCUT2D eigenvalue weighted by atomic mass is 10.3. The van der Waals surface area contributed by atoms with Crippen LogP contribution in [-0.4, -0.2) is 37.6 Å². The van der Waals surface area contributed by atoms with Crippen molar-refractivity contribution in [3.8, 4) is 0 Å². The van der Waals surface area contributed by atoms with E-state index < -0.39 is 0 Å². The lowest BCUT2D eigenvalue weighted by molar-refractivity contribution is 0.558. The molecular formula is C10H13N5S. The van der Waals surface area contributed by atoms with Gasteiger partial charge in [-0.1, -0.05) is 0 Å². The number of hydrogen-bond donors (Lipinski definition) is 1. The van der Waals surface area contributed by atoms with Gasteiger partial charge in [-0.2, -0.15) is 11.8 Å². The zero-order valence-electron chi connectivity index (χ0n) is 9.05. The molecule has 0 aliphatic carbocycles. The monoisotopic (exact) mass is 235 g/mol. The van der Waals surface area contributed by atoms with Gasteiger partial charge in [-0.05, 0) is 6.92 Å². The molecule has 0 radical (unpaired) electrons. The van der Waals surface area contributed by atoms with E-state index in [-0.39, 0.29) is 0 Å². The molecule has 0 aromatic carbocycles. The molecule has 3 heterocycles. The molecule has 1 aliphatic heterocycles. The van der Waals surface area contributed by atoms with E-state index in [1.165, 1.54) is 5.75 Å². The molecule has 1 atom stereocenters. The van der Waals surface area contributed by atoms with Crippen molar-refractivity contribution in [2.75, 3.05) is 18.1 Å². The Hall–Kier alpha value is -1.14. The van der Waals surface area contributed by atoms with E-state index in [1.54, 1.807) is 6.33 Å². The molecule has 2 aromatic rings. The van der Waals surface area contributed by atoms with Crippen LogP contribution in [-0.2, 0) is 0 Å². The number of nitrogens with zero attached hydrogens (tertiary/aromatic N) is 4. The maximum Gasteiger partial charge on any atom is 0.163 e. The van der Waals surface area contributed by atoms with E-state index >= 15 is 0 Å². The molecule has 2 aromatic heterocycles. The van der Waals surface area contributed by atoms with E-state index in [1.807, 2.05) is 29.2 Å². The first-order valence-electron chi connectivity index (χ1n) is 5.33. The van der Waals surface area contributed by atoms with Crippen LogP contribution in [0.25, 0.3) is 5.65 Å². The maximum atomic E-state index is 4.28. The number of hydrogen-bond acceptors (Lipinski definition) is 5. The van der Waals surface area contributed by atoms with Crippen LogP contribution in [0.5, 0.6) is 0 Å². The van der Waals surface area contributed by atoms with Crippen LogP contribution >= 0.6 is 11.8 Å². The number of aryl methyl sites for hydroxylation is 1. The van der Waals surface area contributed by atoms with Crippen molar-refractivity contribution in [1.82, 2.24) is 24.9 Å². The van der Waals surface area contributed by atoms with Crippen molar-refractivity contribution < 1.29 is 0 Å². The van der Waals surface area contributed by atoms with E-state index in [4.69, 9.17) is 0 Å². The van der Waals surface area contributed by atoms with Crippen molar-refractivity contribution in [3.05, 3.63) is 23.9 Å². The second kappa shape index (κ2) is 4.03. The molecule has 84 valence electrons. The van der Waals surface area contributed by atoms with Gasteiger partial charge >= 0.3 is 0 Å². The third-order valence-electron chi connectivity index (χ3n) is 2.70. The lowest BCUT2D eigenvalue weighted by Gasteiger charge is -2.21. The normalized spacial score (nSPS) is 21.4. The van der Waals surface area contributed by atoms with Crippen LogP contribution in [0, 0.1) is 6.92 Å². The lowest BCUT2D eigenvalue weighted by Crippen LogP contribution is -2.31. The Balaban J connectivity index is 2.03. The van der Waals surface area contributed by atoms with Crippen molar-refractivity contribution in [3.63, 3.8) is 0 Å². The highest BCUT2D eigenvalue weighted by atomic mass is 32.2. The fourth-order valence-corrected chi connectivity index (χ4v) is 2.81. The predicted octanol–water partition coefficient (Wildman–Crippen LogP) is 0.810. The average molecular weight is 235 g/mol. The van der Waals surface area contributed by atoms with Gasteiger partial charge in [-0.3, -0.25) is 4.40 Å². The van der Waals surface area contributed by atoms with Gasteiger partial charge in [0.15, 0.2) is 11.5 Å². The fraction of sp³-hybridized carbons (Fsp3) is 0.500. The molecule has 1 unspecified atom stereocenters. The zero-order chi connectivity index (χ0) is 11.0. The summed E-state index contributed by atoms with van der Waals surface area (Å²) in [5, 5.41) is 11.9. The minimum Gasteiger partial charge on any atom is -0.306 e. The van der Waals surface area contributed by atoms with Crippen LogP contribution in [0.3, 0.4) is 0 Å². The number of aromatic nitrogens is 4. The highest BCUT2D eigenvalue weighted by Crippen LogP contribution is 2.20. The summed E-state index contributed by atoms with van der Waals surface area (Å²) in [5.74, 6) is 3.19. The van der Waals surface area contributed by atoms with Crippen LogP contribution < -0.4 is 5.32 Å². The summed E-state index contributed by atoms with van der Waals surface area (Å²) in [6.45, 7) is 2.99. The molecule has 1 saturated heterocycles. The molecule has 0 amide bonds. The molecule has 1 N–H and O–H groups in total. The van der Waals surface area contributed by atoms with Crippen LogP contribution in [0.2, 0.25) is 0 Å². The van der Waals surface area contributed by atoms with Crippen LogP contribution in [0.15, 0.2) is 12.4 Å². The first-order valence-corrected chi connectivity index (χ1v) is 6.48. The summed E-state index contributed by atoms with van der Waals surface area (Å²) in [7, 11) is 0. The molecule has 1 aliphatic rings. The van der Waals surface area contributed by atoms with Crippen molar-refractivity contribution in [1.29, 1.82) is 0 Å².